The minimum atomic E-state index is -0.542. The van der Waals surface area contributed by atoms with Crippen molar-refractivity contribution in [2.75, 3.05) is 7.05 Å². The molecule has 0 aliphatic rings. The average molecular weight is 380 g/mol. The number of aromatic nitrogens is 1. The van der Waals surface area contributed by atoms with Gasteiger partial charge in [0, 0.05) is 28.4 Å². The lowest BCUT2D eigenvalue weighted by molar-refractivity contribution is 0.0233. The van der Waals surface area contributed by atoms with E-state index in [-0.39, 0.29) is 6.04 Å². The summed E-state index contributed by atoms with van der Waals surface area (Å²) in [6.45, 7) is 7.28. The standard InChI is InChI=1S/C13H18FIN2O2/c1-8(9-7-16-11(14)6-10(9)15)17(5)12(18)19-13(2,3)4/h6-8H,1-5H3/t8-/m0/s1. The summed E-state index contributed by atoms with van der Waals surface area (Å²) < 4.78 is 19.0. The fourth-order valence-electron chi connectivity index (χ4n) is 1.43. The fraction of sp³-hybridized carbons (Fsp3) is 0.538. The molecule has 0 aromatic carbocycles. The third-order valence-electron chi connectivity index (χ3n) is 2.56. The molecule has 0 fully saturated rings. The van der Waals surface area contributed by atoms with Crippen LogP contribution in [-0.2, 0) is 4.74 Å². The van der Waals surface area contributed by atoms with Crippen LogP contribution in [0.5, 0.6) is 0 Å². The topological polar surface area (TPSA) is 42.4 Å². The van der Waals surface area contributed by atoms with Gasteiger partial charge in [-0.15, -0.1) is 0 Å². The first-order valence-electron chi connectivity index (χ1n) is 5.88. The smallest absolute Gasteiger partial charge is 0.410 e. The molecule has 19 heavy (non-hydrogen) atoms. The number of pyridine rings is 1. The molecule has 0 aliphatic heterocycles. The van der Waals surface area contributed by atoms with Crippen LogP contribution in [0.2, 0.25) is 0 Å². The maximum Gasteiger partial charge on any atom is 0.410 e. The molecule has 1 rings (SSSR count). The summed E-state index contributed by atoms with van der Waals surface area (Å²) in [6, 6.07) is 1.10. The molecule has 1 heterocycles. The number of hydrogen-bond donors (Lipinski definition) is 0. The molecule has 0 unspecified atom stereocenters. The van der Waals surface area contributed by atoms with E-state index in [0.717, 1.165) is 9.13 Å². The van der Waals surface area contributed by atoms with Gasteiger partial charge in [0.15, 0.2) is 0 Å². The van der Waals surface area contributed by atoms with Gasteiger partial charge in [0.25, 0.3) is 0 Å². The predicted octanol–water partition coefficient (Wildman–Crippen LogP) is 3.75. The highest BCUT2D eigenvalue weighted by atomic mass is 127. The van der Waals surface area contributed by atoms with Gasteiger partial charge in [-0.1, -0.05) is 0 Å². The molecular formula is C13H18FIN2O2. The van der Waals surface area contributed by atoms with E-state index in [0.29, 0.717) is 0 Å². The van der Waals surface area contributed by atoms with E-state index in [4.69, 9.17) is 4.74 Å². The molecule has 106 valence electrons. The molecule has 6 heteroatoms. The van der Waals surface area contributed by atoms with E-state index in [9.17, 15) is 9.18 Å². The number of ether oxygens (including phenoxy) is 1. The van der Waals surface area contributed by atoms with Gasteiger partial charge in [0.2, 0.25) is 5.95 Å². The third-order valence-corrected chi connectivity index (χ3v) is 3.50. The zero-order valence-corrected chi connectivity index (χ0v) is 13.9. The number of carbonyl (C=O) groups is 1. The molecule has 0 saturated carbocycles. The lowest BCUT2D eigenvalue weighted by Crippen LogP contribution is -2.36. The van der Waals surface area contributed by atoms with Crippen molar-refractivity contribution in [3.05, 3.63) is 27.3 Å². The first-order valence-corrected chi connectivity index (χ1v) is 6.96. The van der Waals surface area contributed by atoms with E-state index in [1.165, 1.54) is 17.2 Å². The first-order chi connectivity index (χ1) is 8.61. The van der Waals surface area contributed by atoms with Crippen LogP contribution in [0.15, 0.2) is 12.3 Å². The first kappa shape index (κ1) is 16.1. The molecule has 1 amide bonds. The Morgan fingerprint density at radius 2 is 2.11 bits per heavy atom. The predicted molar refractivity (Wildman–Crippen MR) is 79.3 cm³/mol. The van der Waals surface area contributed by atoms with Crippen LogP contribution >= 0.6 is 22.6 Å². The lowest BCUT2D eigenvalue weighted by atomic mass is 10.1. The summed E-state index contributed by atoms with van der Waals surface area (Å²) in [5.74, 6) is -0.528. The molecule has 0 aliphatic carbocycles. The van der Waals surface area contributed by atoms with Crippen LogP contribution in [-0.4, -0.2) is 28.6 Å². The number of rotatable bonds is 2. The summed E-state index contributed by atoms with van der Waals surface area (Å²) in [5, 5.41) is 0. The van der Waals surface area contributed by atoms with Gasteiger partial charge < -0.3 is 9.64 Å². The fourth-order valence-corrected chi connectivity index (χ4v) is 2.27. The van der Waals surface area contributed by atoms with Crippen molar-refractivity contribution in [1.82, 2.24) is 9.88 Å². The highest BCUT2D eigenvalue weighted by molar-refractivity contribution is 14.1. The molecule has 0 bridgehead atoms. The Labute approximate surface area is 126 Å². The minimum absolute atomic E-state index is 0.241. The number of halogens is 2. The van der Waals surface area contributed by atoms with Crippen molar-refractivity contribution in [2.45, 2.75) is 39.3 Å². The van der Waals surface area contributed by atoms with Gasteiger partial charge in [0.1, 0.15) is 5.60 Å². The Morgan fingerprint density at radius 3 is 2.58 bits per heavy atom. The van der Waals surface area contributed by atoms with Crippen molar-refractivity contribution < 1.29 is 13.9 Å². The van der Waals surface area contributed by atoms with Crippen molar-refractivity contribution in [1.29, 1.82) is 0 Å². The summed E-state index contributed by atoms with van der Waals surface area (Å²) in [4.78, 5) is 17.1. The number of hydrogen-bond acceptors (Lipinski definition) is 3. The van der Waals surface area contributed by atoms with Crippen LogP contribution in [0.1, 0.15) is 39.3 Å². The summed E-state index contributed by atoms with van der Waals surface area (Å²) in [7, 11) is 1.65. The second-order valence-electron chi connectivity index (χ2n) is 5.30. The monoisotopic (exact) mass is 380 g/mol. The quantitative estimate of drug-likeness (QED) is 0.580. The molecule has 1 aromatic heterocycles. The Bertz CT molecular complexity index is 474. The zero-order chi connectivity index (χ0) is 14.8. The maximum atomic E-state index is 13.0. The van der Waals surface area contributed by atoms with Crippen molar-refractivity contribution in [3.63, 3.8) is 0 Å². The summed E-state index contributed by atoms with van der Waals surface area (Å²) in [6.07, 6.45) is 1.03. The second-order valence-corrected chi connectivity index (χ2v) is 6.46. The summed E-state index contributed by atoms with van der Waals surface area (Å²) >= 11 is 2.03. The SMILES string of the molecule is C[C@@H](c1cnc(F)cc1I)N(C)C(=O)OC(C)(C)C. The highest BCUT2D eigenvalue weighted by Crippen LogP contribution is 2.25. The second kappa shape index (κ2) is 6.02. The molecule has 0 saturated heterocycles. The molecular weight excluding hydrogens is 362 g/mol. The highest BCUT2D eigenvalue weighted by Gasteiger charge is 2.25. The Hall–Kier alpha value is -0.920. The lowest BCUT2D eigenvalue weighted by Gasteiger charge is -2.29. The molecule has 0 N–H and O–H groups in total. The van der Waals surface area contributed by atoms with Crippen LogP contribution < -0.4 is 0 Å². The molecule has 1 aromatic rings. The van der Waals surface area contributed by atoms with Crippen LogP contribution in [0.3, 0.4) is 0 Å². The van der Waals surface area contributed by atoms with Crippen molar-refractivity contribution in [2.24, 2.45) is 0 Å². The summed E-state index contributed by atoms with van der Waals surface area (Å²) in [5.41, 5.74) is 0.245. The van der Waals surface area contributed by atoms with Gasteiger partial charge in [-0.3, -0.25) is 0 Å². The van der Waals surface area contributed by atoms with Crippen LogP contribution in [0.25, 0.3) is 0 Å². The van der Waals surface area contributed by atoms with Crippen molar-refractivity contribution in [3.8, 4) is 0 Å². The van der Waals surface area contributed by atoms with E-state index in [2.05, 4.69) is 4.98 Å². The van der Waals surface area contributed by atoms with Crippen LogP contribution in [0, 0.1) is 9.52 Å². The van der Waals surface area contributed by atoms with E-state index in [1.54, 1.807) is 7.05 Å². The van der Waals surface area contributed by atoms with E-state index < -0.39 is 17.6 Å². The van der Waals surface area contributed by atoms with Gasteiger partial charge in [-0.2, -0.15) is 4.39 Å². The van der Waals surface area contributed by atoms with Crippen molar-refractivity contribution >= 4 is 28.7 Å². The largest absolute Gasteiger partial charge is 0.444 e. The molecule has 4 nitrogen and oxygen atoms in total. The number of amides is 1. The molecule has 0 radical (unpaired) electrons. The number of nitrogens with zero attached hydrogens (tertiary/aromatic N) is 2. The third kappa shape index (κ3) is 4.59. The maximum absolute atomic E-state index is 13.0. The normalized spacial score (nSPS) is 13.0. The zero-order valence-electron chi connectivity index (χ0n) is 11.7. The minimum Gasteiger partial charge on any atom is -0.444 e. The van der Waals surface area contributed by atoms with Gasteiger partial charge >= 0.3 is 6.09 Å². The van der Waals surface area contributed by atoms with E-state index in [1.807, 2.05) is 50.3 Å². The van der Waals surface area contributed by atoms with Gasteiger partial charge in [-0.05, 0) is 50.3 Å². The van der Waals surface area contributed by atoms with Gasteiger partial charge in [-0.25, -0.2) is 9.78 Å². The van der Waals surface area contributed by atoms with Crippen LogP contribution in [0.4, 0.5) is 9.18 Å². The average Bonchev–Trinajstić information content (AvgIpc) is 2.24. The van der Waals surface area contributed by atoms with E-state index >= 15 is 0 Å². The molecule has 1 atom stereocenters. The Balaban J connectivity index is 2.87. The Morgan fingerprint density at radius 1 is 1.53 bits per heavy atom. The molecule has 0 spiro atoms. The van der Waals surface area contributed by atoms with Gasteiger partial charge in [0.05, 0.1) is 6.04 Å². The number of carbonyl (C=O) groups excluding carboxylic acids is 1. The Kier molecular flexibility index (Phi) is 5.11.